The number of hydrogen-bond acceptors (Lipinski definition) is 8. The molecule has 0 radical (unpaired) electrons. The Bertz CT molecular complexity index is 1150. The number of sulfone groups is 1. The number of carbonyl (C=O) groups excluding carboxylic acids is 5. The molecular formula is C28H48N4O8S. The maximum Gasteiger partial charge on any atom is 0.408 e. The third-order valence-corrected chi connectivity index (χ3v) is 8.67. The highest BCUT2D eigenvalue weighted by Gasteiger charge is 2.70. The monoisotopic (exact) mass is 600 g/mol. The van der Waals surface area contributed by atoms with Crippen molar-refractivity contribution < 1.29 is 37.1 Å². The number of fused-ring (bicyclic) bond motifs is 1. The van der Waals surface area contributed by atoms with Crippen molar-refractivity contribution in [1.29, 1.82) is 0 Å². The van der Waals surface area contributed by atoms with E-state index in [2.05, 4.69) is 16.0 Å². The zero-order valence-electron chi connectivity index (χ0n) is 26.0. The highest BCUT2D eigenvalue weighted by atomic mass is 32.2. The number of piperidine rings is 1. The Balaban J connectivity index is 2.26. The molecule has 1 aliphatic heterocycles. The fraction of sp³-hybridized carbons (Fsp3) is 0.821. The summed E-state index contributed by atoms with van der Waals surface area (Å²) in [5.41, 5.74) is -1.68. The largest absolute Gasteiger partial charge is 0.444 e. The summed E-state index contributed by atoms with van der Waals surface area (Å²) >= 11 is 0. The van der Waals surface area contributed by atoms with E-state index in [1.54, 1.807) is 48.5 Å². The van der Waals surface area contributed by atoms with Gasteiger partial charge in [0.2, 0.25) is 17.6 Å². The van der Waals surface area contributed by atoms with Crippen LogP contribution in [0, 0.1) is 22.7 Å². The SMILES string of the molecule is CCCC(NC(=O)[C@@H]1[C@@H]2[C@H](CN1C(=O)C(NC(=O)OC(C)(C)C)C(C)(C)C)C2(C)C)C(=O)C(=O)NCCS(C)(=O)=O. The van der Waals surface area contributed by atoms with Crippen molar-refractivity contribution in [3.05, 3.63) is 0 Å². The van der Waals surface area contributed by atoms with Gasteiger partial charge in [0, 0.05) is 19.3 Å². The first kappa shape index (κ1) is 34.5. The summed E-state index contributed by atoms with van der Waals surface area (Å²) in [4.78, 5) is 67.2. The lowest BCUT2D eigenvalue weighted by atomic mass is 9.85. The number of alkyl carbamates (subject to hydrolysis) is 1. The molecule has 1 aliphatic carbocycles. The minimum atomic E-state index is -3.33. The minimum Gasteiger partial charge on any atom is -0.444 e. The number of hydrogen-bond donors (Lipinski definition) is 3. The number of ketones is 1. The Kier molecular flexibility index (Phi) is 10.3. The first-order chi connectivity index (χ1) is 18.5. The van der Waals surface area contributed by atoms with Crippen molar-refractivity contribution >= 4 is 39.4 Å². The van der Waals surface area contributed by atoms with Crippen molar-refractivity contribution in [3.63, 3.8) is 0 Å². The van der Waals surface area contributed by atoms with Crippen molar-refractivity contribution in [2.24, 2.45) is 22.7 Å². The highest BCUT2D eigenvalue weighted by molar-refractivity contribution is 7.90. The van der Waals surface area contributed by atoms with Crippen LogP contribution in [0.15, 0.2) is 0 Å². The average Bonchev–Trinajstić information content (AvgIpc) is 3.13. The van der Waals surface area contributed by atoms with Gasteiger partial charge in [-0.15, -0.1) is 0 Å². The maximum absolute atomic E-state index is 13.9. The molecule has 0 bridgehead atoms. The van der Waals surface area contributed by atoms with Gasteiger partial charge in [-0.2, -0.15) is 0 Å². The molecule has 5 atom stereocenters. The smallest absolute Gasteiger partial charge is 0.408 e. The van der Waals surface area contributed by atoms with Gasteiger partial charge in [0.25, 0.3) is 5.91 Å². The summed E-state index contributed by atoms with van der Waals surface area (Å²) in [5, 5.41) is 7.70. The van der Waals surface area contributed by atoms with Gasteiger partial charge in [-0.1, -0.05) is 48.0 Å². The van der Waals surface area contributed by atoms with E-state index in [-0.39, 0.29) is 36.0 Å². The predicted octanol–water partition coefficient (Wildman–Crippen LogP) is 1.42. The van der Waals surface area contributed by atoms with E-state index >= 15 is 0 Å². The second-order valence-electron chi connectivity index (χ2n) is 13.9. The van der Waals surface area contributed by atoms with Crippen molar-refractivity contribution in [1.82, 2.24) is 20.9 Å². The first-order valence-electron chi connectivity index (χ1n) is 14.1. The Morgan fingerprint density at radius 3 is 2.10 bits per heavy atom. The van der Waals surface area contributed by atoms with Crippen LogP contribution in [-0.2, 0) is 33.8 Å². The molecule has 2 rings (SSSR count). The zero-order chi connectivity index (χ0) is 31.7. The number of likely N-dealkylation sites (tertiary alicyclic amines) is 1. The average molecular weight is 601 g/mol. The molecule has 0 aromatic rings. The molecule has 234 valence electrons. The number of amides is 4. The van der Waals surface area contributed by atoms with Gasteiger partial charge in [0.05, 0.1) is 11.8 Å². The normalized spacial score (nSPS) is 23.1. The van der Waals surface area contributed by atoms with Gasteiger partial charge in [0.1, 0.15) is 27.5 Å². The molecule has 0 aromatic heterocycles. The molecule has 0 aromatic carbocycles. The molecule has 2 unspecified atom stereocenters. The van der Waals surface area contributed by atoms with Gasteiger partial charge in [0.15, 0.2) is 0 Å². The predicted molar refractivity (Wildman–Crippen MR) is 153 cm³/mol. The third-order valence-electron chi connectivity index (χ3n) is 7.73. The molecule has 2 aliphatic rings. The lowest BCUT2D eigenvalue weighted by molar-refractivity contribution is -0.145. The summed E-state index contributed by atoms with van der Waals surface area (Å²) < 4.78 is 28.1. The van der Waals surface area contributed by atoms with Gasteiger partial charge >= 0.3 is 6.09 Å². The molecule has 4 amide bonds. The fourth-order valence-corrected chi connectivity index (χ4v) is 5.94. The molecule has 0 spiro atoms. The summed E-state index contributed by atoms with van der Waals surface area (Å²) in [6.07, 6.45) is 0.958. The summed E-state index contributed by atoms with van der Waals surface area (Å²) in [6, 6.07) is -3.02. The Morgan fingerprint density at radius 1 is 1.02 bits per heavy atom. The molecule has 2 fully saturated rings. The van der Waals surface area contributed by atoms with Crippen molar-refractivity contribution in [2.45, 2.75) is 98.9 Å². The number of Topliss-reactive ketones (excluding diaryl/α,β-unsaturated/α-hetero) is 1. The second kappa shape index (κ2) is 12.3. The van der Waals surface area contributed by atoms with Crippen LogP contribution in [0.4, 0.5) is 4.79 Å². The molecule has 3 N–H and O–H groups in total. The number of nitrogens with zero attached hydrogens (tertiary/aromatic N) is 1. The van der Waals surface area contributed by atoms with Gasteiger partial charge in [-0.25, -0.2) is 13.2 Å². The Labute approximate surface area is 244 Å². The van der Waals surface area contributed by atoms with E-state index in [0.717, 1.165) is 6.26 Å². The van der Waals surface area contributed by atoms with Crippen molar-refractivity contribution in [3.8, 4) is 0 Å². The van der Waals surface area contributed by atoms with Gasteiger partial charge < -0.3 is 25.6 Å². The third kappa shape index (κ3) is 8.89. The minimum absolute atomic E-state index is 0.0592. The number of rotatable bonds is 11. The summed E-state index contributed by atoms with van der Waals surface area (Å²) in [7, 11) is -3.33. The molecular weight excluding hydrogens is 552 g/mol. The summed E-state index contributed by atoms with van der Waals surface area (Å²) in [6.45, 7) is 16.5. The van der Waals surface area contributed by atoms with Crippen LogP contribution in [-0.4, -0.2) is 91.7 Å². The van der Waals surface area contributed by atoms with Crippen LogP contribution in [0.25, 0.3) is 0 Å². The van der Waals surface area contributed by atoms with Crippen LogP contribution >= 0.6 is 0 Å². The standard InChI is InChI=1S/C28H48N4O8S/c1-11-12-17(20(33)23(35)29-13-14-41(10,38)39)30-22(34)19-18-16(28(18,8)9)15-32(19)24(36)21(26(2,3)4)31-25(37)40-27(5,6)7/h16-19,21H,11-15H2,1-10H3,(H,29,35)(H,30,34)(H,31,37)/t16-,17?,18-,19-,21?/m0/s1. The van der Waals surface area contributed by atoms with E-state index in [9.17, 15) is 32.4 Å². The quantitative estimate of drug-likeness (QED) is 0.299. The first-order valence-corrected chi connectivity index (χ1v) is 16.2. The number of nitrogens with one attached hydrogen (secondary N) is 3. The Morgan fingerprint density at radius 2 is 1.61 bits per heavy atom. The van der Waals surface area contributed by atoms with E-state index in [1.807, 2.05) is 13.8 Å². The molecule has 12 nitrogen and oxygen atoms in total. The van der Waals surface area contributed by atoms with Crippen LogP contribution in [0.3, 0.4) is 0 Å². The van der Waals surface area contributed by atoms with E-state index < -0.39 is 68.6 Å². The molecule has 41 heavy (non-hydrogen) atoms. The molecule has 1 heterocycles. The lowest BCUT2D eigenvalue weighted by Gasteiger charge is -2.38. The van der Waals surface area contributed by atoms with Crippen molar-refractivity contribution in [2.75, 3.05) is 25.1 Å². The van der Waals surface area contributed by atoms with Gasteiger partial charge in [-0.3, -0.25) is 19.2 Å². The van der Waals surface area contributed by atoms with E-state index in [0.29, 0.717) is 13.0 Å². The second-order valence-corrected chi connectivity index (χ2v) is 16.2. The van der Waals surface area contributed by atoms with Crippen LogP contribution in [0.5, 0.6) is 0 Å². The Hall–Kier alpha value is -2.70. The molecule has 1 saturated heterocycles. The summed E-state index contributed by atoms with van der Waals surface area (Å²) in [5.74, 6) is -3.25. The molecule has 1 saturated carbocycles. The topological polar surface area (TPSA) is 168 Å². The van der Waals surface area contributed by atoms with Crippen LogP contribution in [0.1, 0.15) is 75.2 Å². The lowest BCUT2D eigenvalue weighted by Crippen LogP contribution is -2.60. The van der Waals surface area contributed by atoms with E-state index in [1.165, 1.54) is 4.90 Å². The van der Waals surface area contributed by atoms with Crippen LogP contribution in [0.2, 0.25) is 0 Å². The maximum atomic E-state index is 13.9. The van der Waals surface area contributed by atoms with E-state index in [4.69, 9.17) is 4.74 Å². The fourth-order valence-electron chi connectivity index (χ4n) is 5.46. The highest BCUT2D eigenvalue weighted by Crippen LogP contribution is 2.65. The zero-order valence-corrected chi connectivity index (χ0v) is 26.9. The number of carbonyl (C=O) groups is 5. The van der Waals surface area contributed by atoms with Crippen LogP contribution < -0.4 is 16.0 Å². The molecule has 13 heteroatoms. The number of ether oxygens (including phenoxy) is 1. The van der Waals surface area contributed by atoms with Gasteiger partial charge in [-0.05, 0) is 49.9 Å².